The number of thioether (sulfide) groups is 2. The summed E-state index contributed by atoms with van der Waals surface area (Å²) in [7, 11) is -2.94. The van der Waals surface area contributed by atoms with Gasteiger partial charge in [-0.05, 0) is 13.3 Å². The Morgan fingerprint density at radius 3 is 2.94 bits per heavy atom. The Balaban J connectivity index is 1.80. The maximum absolute atomic E-state index is 11.9. The molecule has 1 N–H and O–H groups in total. The van der Waals surface area contributed by atoms with Crippen LogP contribution in [-0.2, 0) is 14.6 Å². The van der Waals surface area contributed by atoms with Gasteiger partial charge in [0.05, 0.1) is 23.3 Å². The molecule has 18 heavy (non-hydrogen) atoms. The molecule has 2 aliphatic heterocycles. The van der Waals surface area contributed by atoms with Gasteiger partial charge in [0, 0.05) is 11.8 Å². The van der Waals surface area contributed by atoms with Crippen molar-refractivity contribution in [1.82, 2.24) is 5.32 Å². The van der Waals surface area contributed by atoms with Gasteiger partial charge in [-0.2, -0.15) is 0 Å². The van der Waals surface area contributed by atoms with Crippen LogP contribution in [0, 0.1) is 0 Å². The minimum absolute atomic E-state index is 0.0752. The number of nitrogens with zero attached hydrogens (tertiary/aromatic N) is 1. The minimum atomic E-state index is -2.94. The molecule has 0 radical (unpaired) electrons. The van der Waals surface area contributed by atoms with Crippen LogP contribution in [0.3, 0.4) is 0 Å². The van der Waals surface area contributed by atoms with E-state index in [0.29, 0.717) is 6.42 Å². The fourth-order valence-corrected chi connectivity index (χ4v) is 5.63. The molecule has 2 atom stereocenters. The Morgan fingerprint density at radius 2 is 2.39 bits per heavy atom. The van der Waals surface area contributed by atoms with Gasteiger partial charge in [-0.3, -0.25) is 9.79 Å². The summed E-state index contributed by atoms with van der Waals surface area (Å²) < 4.78 is 23.5. The molecule has 1 fully saturated rings. The second kappa shape index (κ2) is 5.83. The lowest BCUT2D eigenvalue weighted by molar-refractivity contribution is -0.120. The van der Waals surface area contributed by atoms with Crippen LogP contribution in [0.5, 0.6) is 0 Å². The van der Waals surface area contributed by atoms with E-state index >= 15 is 0 Å². The van der Waals surface area contributed by atoms with Gasteiger partial charge in [0.2, 0.25) is 5.91 Å². The normalized spacial score (nSPS) is 27.8. The van der Waals surface area contributed by atoms with Crippen LogP contribution < -0.4 is 5.32 Å². The van der Waals surface area contributed by atoms with Crippen molar-refractivity contribution in [3.8, 4) is 0 Å². The van der Waals surface area contributed by atoms with Crippen LogP contribution in [-0.4, -0.2) is 53.8 Å². The van der Waals surface area contributed by atoms with Crippen molar-refractivity contribution in [3.05, 3.63) is 0 Å². The second-order valence-corrected chi connectivity index (χ2v) is 9.26. The van der Waals surface area contributed by atoms with E-state index < -0.39 is 9.84 Å². The topological polar surface area (TPSA) is 75.6 Å². The third-order valence-corrected chi connectivity index (χ3v) is 6.85. The molecule has 102 valence electrons. The molecular weight excluding hydrogens is 292 g/mol. The molecule has 0 bridgehead atoms. The van der Waals surface area contributed by atoms with Crippen molar-refractivity contribution in [2.45, 2.75) is 24.6 Å². The first-order valence-corrected chi connectivity index (χ1v) is 9.50. The molecule has 1 amide bonds. The maximum Gasteiger partial charge on any atom is 0.233 e. The molecule has 5 nitrogen and oxygen atoms in total. The van der Waals surface area contributed by atoms with Crippen LogP contribution in [0.2, 0.25) is 0 Å². The molecule has 0 aromatic carbocycles. The zero-order chi connectivity index (χ0) is 13.2. The lowest BCUT2D eigenvalue weighted by atomic mass is 10.2. The summed E-state index contributed by atoms with van der Waals surface area (Å²) >= 11 is 3.12. The van der Waals surface area contributed by atoms with Crippen molar-refractivity contribution in [3.63, 3.8) is 0 Å². The Morgan fingerprint density at radius 1 is 1.61 bits per heavy atom. The van der Waals surface area contributed by atoms with E-state index in [9.17, 15) is 13.2 Å². The maximum atomic E-state index is 11.9. The zero-order valence-electron chi connectivity index (χ0n) is 10.1. The van der Waals surface area contributed by atoms with Gasteiger partial charge in [-0.15, -0.1) is 0 Å². The highest BCUT2D eigenvalue weighted by molar-refractivity contribution is 8.39. The molecule has 8 heteroatoms. The van der Waals surface area contributed by atoms with Gasteiger partial charge in [0.1, 0.15) is 4.38 Å². The fraction of sp³-hybridized carbons (Fsp3) is 0.800. The van der Waals surface area contributed by atoms with E-state index in [1.807, 2.05) is 6.92 Å². The largest absolute Gasteiger partial charge is 0.351 e. The Hall–Kier alpha value is -0.210. The summed E-state index contributed by atoms with van der Waals surface area (Å²) in [6, 6.07) is -0.219. The van der Waals surface area contributed by atoms with Crippen molar-refractivity contribution in [2.24, 2.45) is 4.99 Å². The lowest BCUT2D eigenvalue weighted by Crippen LogP contribution is -2.40. The highest BCUT2D eigenvalue weighted by Crippen LogP contribution is 2.26. The lowest BCUT2D eigenvalue weighted by Gasteiger charge is -2.15. The predicted octanol–water partition coefficient (Wildman–Crippen LogP) is 0.514. The van der Waals surface area contributed by atoms with Gasteiger partial charge >= 0.3 is 0 Å². The second-order valence-electron chi connectivity index (χ2n) is 4.36. The summed E-state index contributed by atoms with van der Waals surface area (Å²) in [6.07, 6.45) is 0.529. The highest BCUT2D eigenvalue weighted by atomic mass is 32.2. The molecule has 0 aliphatic carbocycles. The van der Waals surface area contributed by atoms with Gasteiger partial charge in [-0.1, -0.05) is 23.5 Å². The zero-order valence-corrected chi connectivity index (χ0v) is 12.5. The molecule has 0 aromatic heterocycles. The number of hydrogen-bond donors (Lipinski definition) is 1. The number of aliphatic imine (C=N–C) groups is 1. The number of hydrogen-bond acceptors (Lipinski definition) is 6. The van der Waals surface area contributed by atoms with Crippen molar-refractivity contribution < 1.29 is 13.2 Å². The molecule has 0 unspecified atom stereocenters. The number of nitrogens with one attached hydrogen (secondary N) is 1. The van der Waals surface area contributed by atoms with E-state index in [1.54, 1.807) is 11.8 Å². The predicted molar refractivity (Wildman–Crippen MR) is 77.0 cm³/mol. The third kappa shape index (κ3) is 3.89. The van der Waals surface area contributed by atoms with Crippen LogP contribution in [0.1, 0.15) is 13.3 Å². The molecule has 0 saturated carbocycles. The van der Waals surface area contributed by atoms with E-state index in [0.717, 1.165) is 16.7 Å². The van der Waals surface area contributed by atoms with Crippen molar-refractivity contribution in [2.75, 3.05) is 23.8 Å². The number of amides is 1. The number of sulfone groups is 1. The van der Waals surface area contributed by atoms with Gasteiger partial charge < -0.3 is 5.32 Å². The van der Waals surface area contributed by atoms with E-state index in [4.69, 9.17) is 0 Å². The minimum Gasteiger partial charge on any atom is -0.351 e. The van der Waals surface area contributed by atoms with Crippen LogP contribution in [0.25, 0.3) is 0 Å². The highest BCUT2D eigenvalue weighted by Gasteiger charge is 2.30. The Bertz CT molecular complexity index is 461. The molecule has 2 rings (SSSR count). The average molecular weight is 308 g/mol. The van der Waals surface area contributed by atoms with Crippen LogP contribution in [0.4, 0.5) is 0 Å². The van der Waals surface area contributed by atoms with Crippen molar-refractivity contribution in [1.29, 1.82) is 0 Å². The first-order valence-electron chi connectivity index (χ1n) is 5.81. The SMILES string of the molecule is C[C@@H](SC1=NCCS1)C(=O)N[C@H]1CCS(=O)(=O)C1. The van der Waals surface area contributed by atoms with Gasteiger partial charge in [0.15, 0.2) is 9.84 Å². The molecular formula is C10H16N2O3S3. The van der Waals surface area contributed by atoms with Crippen molar-refractivity contribution >= 4 is 43.6 Å². The summed E-state index contributed by atoms with van der Waals surface area (Å²) in [5, 5.41) is 2.58. The standard InChI is InChI=1S/C10H16N2O3S3/c1-7(17-10-11-3-4-16-10)9(13)12-8-2-5-18(14,15)6-8/h7-8H,2-6H2,1H3,(H,12,13)/t7-,8+/m1/s1. The van der Waals surface area contributed by atoms with Gasteiger partial charge in [-0.25, -0.2) is 8.42 Å². The Kier molecular flexibility index (Phi) is 4.60. The summed E-state index contributed by atoms with van der Waals surface area (Å²) in [5.41, 5.74) is 0. The number of carbonyl (C=O) groups is 1. The number of carbonyl (C=O) groups excluding carboxylic acids is 1. The summed E-state index contributed by atoms with van der Waals surface area (Å²) in [6.45, 7) is 2.65. The first kappa shape index (κ1) is 14.2. The molecule has 0 aromatic rings. The molecule has 2 heterocycles. The third-order valence-electron chi connectivity index (χ3n) is 2.78. The van der Waals surface area contributed by atoms with E-state index in [1.165, 1.54) is 11.8 Å². The van der Waals surface area contributed by atoms with E-state index in [2.05, 4.69) is 10.3 Å². The van der Waals surface area contributed by atoms with Gasteiger partial charge in [0.25, 0.3) is 0 Å². The smallest absolute Gasteiger partial charge is 0.233 e. The Labute approximate surface area is 115 Å². The summed E-state index contributed by atoms with van der Waals surface area (Å²) in [5.74, 6) is 1.14. The monoisotopic (exact) mass is 308 g/mol. The molecule has 2 aliphatic rings. The fourth-order valence-electron chi connectivity index (χ4n) is 1.82. The van der Waals surface area contributed by atoms with E-state index in [-0.39, 0.29) is 28.7 Å². The molecule has 0 spiro atoms. The first-order chi connectivity index (χ1) is 8.46. The summed E-state index contributed by atoms with van der Waals surface area (Å²) in [4.78, 5) is 16.2. The number of rotatable bonds is 3. The quantitative estimate of drug-likeness (QED) is 0.822. The van der Waals surface area contributed by atoms with Crippen LogP contribution in [0.15, 0.2) is 4.99 Å². The average Bonchev–Trinajstić information content (AvgIpc) is 2.88. The molecule has 1 saturated heterocycles. The van der Waals surface area contributed by atoms with Crippen LogP contribution >= 0.6 is 23.5 Å².